The number of ether oxygens (including phenoxy) is 3. The van der Waals surface area contributed by atoms with E-state index in [-0.39, 0.29) is 0 Å². The Labute approximate surface area is 183 Å². The van der Waals surface area contributed by atoms with Crippen molar-refractivity contribution in [2.24, 2.45) is 0 Å². The van der Waals surface area contributed by atoms with Gasteiger partial charge in [-0.1, -0.05) is 117 Å². The fraction of sp³-hybridized carbons (Fsp3) is 1.00. The third kappa shape index (κ3) is 20.9. The van der Waals surface area contributed by atoms with E-state index in [9.17, 15) is 0 Å². The average Bonchev–Trinajstić information content (AvgIpc) is 2.72. The summed E-state index contributed by atoms with van der Waals surface area (Å²) in [7, 11) is 0. The summed E-state index contributed by atoms with van der Waals surface area (Å²) in [5.41, 5.74) is 0. The predicted octanol–water partition coefficient (Wildman–Crippen LogP) is 8.79. The molecule has 0 rings (SSSR count). The van der Waals surface area contributed by atoms with Crippen molar-refractivity contribution in [1.82, 2.24) is 0 Å². The van der Waals surface area contributed by atoms with E-state index in [4.69, 9.17) is 14.2 Å². The van der Waals surface area contributed by atoms with E-state index in [1.165, 1.54) is 96.3 Å². The van der Waals surface area contributed by atoms with Crippen LogP contribution in [-0.4, -0.2) is 25.8 Å². The van der Waals surface area contributed by atoms with Gasteiger partial charge in [0.2, 0.25) is 0 Å². The molecule has 0 aromatic carbocycles. The van der Waals surface area contributed by atoms with Gasteiger partial charge in [0.15, 0.2) is 0 Å². The largest absolute Gasteiger partial charge is 0.328 e. The Kier molecular flexibility index (Phi) is 22.5. The number of unbranched alkanes of at least 4 members (excludes halogenated alkanes) is 15. The lowest BCUT2D eigenvalue weighted by Crippen LogP contribution is -2.37. The summed E-state index contributed by atoms with van der Waals surface area (Å²) in [5.74, 6) is -0.865. The zero-order chi connectivity index (χ0) is 21.5. The molecule has 3 nitrogen and oxygen atoms in total. The molecule has 0 fully saturated rings. The number of rotatable bonds is 24. The Hall–Kier alpha value is -0.120. The van der Waals surface area contributed by atoms with Gasteiger partial charge < -0.3 is 14.2 Å². The highest BCUT2D eigenvalue weighted by Crippen LogP contribution is 2.19. The van der Waals surface area contributed by atoms with Crippen LogP contribution in [0, 0.1) is 0 Å². The molecule has 0 aliphatic heterocycles. The van der Waals surface area contributed by atoms with Crippen molar-refractivity contribution in [2.45, 2.75) is 149 Å². The molecule has 0 N–H and O–H groups in total. The standard InChI is InChI=1S/C26H54O3/c1-5-8-11-14-17-20-23-27-26(4,28-24-21-18-15-12-9-6-2)29-25-22-19-16-13-10-7-3/h5-25H2,1-4H3. The molecule has 0 saturated carbocycles. The summed E-state index contributed by atoms with van der Waals surface area (Å²) in [4.78, 5) is 0. The zero-order valence-corrected chi connectivity index (χ0v) is 20.6. The van der Waals surface area contributed by atoms with E-state index in [2.05, 4.69) is 20.8 Å². The van der Waals surface area contributed by atoms with Gasteiger partial charge in [0, 0.05) is 6.92 Å². The third-order valence-corrected chi connectivity index (χ3v) is 5.59. The Morgan fingerprint density at radius 1 is 0.379 bits per heavy atom. The molecule has 29 heavy (non-hydrogen) atoms. The average molecular weight is 415 g/mol. The van der Waals surface area contributed by atoms with Crippen LogP contribution in [0.25, 0.3) is 0 Å². The van der Waals surface area contributed by atoms with Crippen LogP contribution in [-0.2, 0) is 14.2 Å². The fourth-order valence-corrected chi connectivity index (χ4v) is 3.54. The highest BCUT2D eigenvalue weighted by molar-refractivity contribution is 4.53. The Bertz CT molecular complexity index is 261. The van der Waals surface area contributed by atoms with Crippen molar-refractivity contribution in [3.63, 3.8) is 0 Å². The molecule has 0 amide bonds. The smallest absolute Gasteiger partial charge is 0.279 e. The molecule has 0 aliphatic carbocycles. The molecule has 0 spiro atoms. The maximum absolute atomic E-state index is 6.08. The monoisotopic (exact) mass is 414 g/mol. The van der Waals surface area contributed by atoms with Crippen LogP contribution in [0.2, 0.25) is 0 Å². The first-order chi connectivity index (χ1) is 14.2. The van der Waals surface area contributed by atoms with Crippen molar-refractivity contribution in [3.05, 3.63) is 0 Å². The minimum atomic E-state index is -0.865. The summed E-state index contributed by atoms with van der Waals surface area (Å²) in [5, 5.41) is 0. The third-order valence-electron chi connectivity index (χ3n) is 5.59. The van der Waals surface area contributed by atoms with Crippen LogP contribution in [0.4, 0.5) is 0 Å². The van der Waals surface area contributed by atoms with Crippen molar-refractivity contribution in [3.8, 4) is 0 Å². The van der Waals surface area contributed by atoms with Crippen molar-refractivity contribution in [1.29, 1.82) is 0 Å². The normalized spacial score (nSPS) is 12.0. The van der Waals surface area contributed by atoms with Gasteiger partial charge in [-0.05, 0) is 19.3 Å². The van der Waals surface area contributed by atoms with Gasteiger partial charge in [-0.25, -0.2) is 0 Å². The molecular weight excluding hydrogens is 360 g/mol. The first kappa shape index (κ1) is 28.9. The summed E-state index contributed by atoms with van der Waals surface area (Å²) in [6.45, 7) is 10.9. The second-order valence-electron chi connectivity index (χ2n) is 8.71. The first-order valence-corrected chi connectivity index (χ1v) is 13.1. The molecule has 0 atom stereocenters. The van der Waals surface area contributed by atoms with E-state index in [1.54, 1.807) is 0 Å². The van der Waals surface area contributed by atoms with Crippen LogP contribution in [0.15, 0.2) is 0 Å². The predicted molar refractivity (Wildman–Crippen MR) is 126 cm³/mol. The van der Waals surface area contributed by atoms with Crippen LogP contribution in [0.1, 0.15) is 143 Å². The number of hydrogen-bond donors (Lipinski definition) is 0. The van der Waals surface area contributed by atoms with Gasteiger partial charge in [-0.2, -0.15) is 0 Å². The fourth-order valence-electron chi connectivity index (χ4n) is 3.54. The second-order valence-corrected chi connectivity index (χ2v) is 8.71. The summed E-state index contributed by atoms with van der Waals surface area (Å²) < 4.78 is 18.2. The van der Waals surface area contributed by atoms with Crippen LogP contribution in [0.3, 0.4) is 0 Å². The molecule has 3 heteroatoms. The van der Waals surface area contributed by atoms with Gasteiger partial charge in [0.05, 0.1) is 19.8 Å². The van der Waals surface area contributed by atoms with Crippen LogP contribution in [0.5, 0.6) is 0 Å². The SMILES string of the molecule is CCCCCCCCOC(C)(OCCCCCCCC)OCCCCCCCC. The lowest BCUT2D eigenvalue weighted by molar-refractivity contribution is -0.370. The molecule has 0 aromatic heterocycles. The Morgan fingerprint density at radius 2 is 0.621 bits per heavy atom. The van der Waals surface area contributed by atoms with E-state index < -0.39 is 5.97 Å². The lowest BCUT2D eigenvalue weighted by atomic mass is 10.1. The summed E-state index contributed by atoms with van der Waals surface area (Å²) in [6.07, 6.45) is 22.9. The number of hydrogen-bond acceptors (Lipinski definition) is 3. The van der Waals surface area contributed by atoms with E-state index in [0.29, 0.717) is 0 Å². The van der Waals surface area contributed by atoms with Crippen molar-refractivity contribution in [2.75, 3.05) is 19.8 Å². The molecule has 0 radical (unpaired) electrons. The topological polar surface area (TPSA) is 27.7 Å². The molecule has 176 valence electrons. The molecule has 0 aliphatic rings. The van der Waals surface area contributed by atoms with Crippen molar-refractivity contribution >= 4 is 0 Å². The van der Waals surface area contributed by atoms with E-state index in [0.717, 1.165) is 39.1 Å². The maximum Gasteiger partial charge on any atom is 0.279 e. The van der Waals surface area contributed by atoms with Gasteiger partial charge >= 0.3 is 0 Å². The molecule has 0 aromatic rings. The minimum absolute atomic E-state index is 0.732. The van der Waals surface area contributed by atoms with Gasteiger partial charge in [-0.3, -0.25) is 0 Å². The molecule has 0 bridgehead atoms. The van der Waals surface area contributed by atoms with E-state index in [1.807, 2.05) is 6.92 Å². The van der Waals surface area contributed by atoms with Gasteiger partial charge in [-0.15, -0.1) is 0 Å². The molecule has 0 saturated heterocycles. The maximum atomic E-state index is 6.08. The lowest BCUT2D eigenvalue weighted by Gasteiger charge is -2.30. The van der Waals surface area contributed by atoms with Crippen molar-refractivity contribution < 1.29 is 14.2 Å². The van der Waals surface area contributed by atoms with Crippen LogP contribution >= 0.6 is 0 Å². The second kappa shape index (κ2) is 22.6. The first-order valence-electron chi connectivity index (χ1n) is 13.1. The summed E-state index contributed by atoms with van der Waals surface area (Å²) >= 11 is 0. The van der Waals surface area contributed by atoms with Gasteiger partial charge in [0.25, 0.3) is 5.97 Å². The Morgan fingerprint density at radius 3 is 0.897 bits per heavy atom. The quantitative estimate of drug-likeness (QED) is 0.117. The van der Waals surface area contributed by atoms with Crippen LogP contribution < -0.4 is 0 Å². The highest BCUT2D eigenvalue weighted by Gasteiger charge is 2.26. The summed E-state index contributed by atoms with van der Waals surface area (Å²) in [6, 6.07) is 0. The molecular formula is C26H54O3. The zero-order valence-electron chi connectivity index (χ0n) is 20.6. The highest BCUT2D eigenvalue weighted by atomic mass is 16.9. The Balaban J connectivity index is 4.03. The minimum Gasteiger partial charge on any atom is -0.328 e. The molecule has 0 unspecified atom stereocenters. The van der Waals surface area contributed by atoms with E-state index >= 15 is 0 Å². The molecule has 0 heterocycles. The van der Waals surface area contributed by atoms with Gasteiger partial charge in [0.1, 0.15) is 0 Å².